The lowest BCUT2D eigenvalue weighted by molar-refractivity contribution is -0.156. The average Bonchev–Trinajstić information content (AvgIpc) is 2.56. The summed E-state index contributed by atoms with van der Waals surface area (Å²) in [7, 11) is -1.99. The predicted octanol–water partition coefficient (Wildman–Crippen LogP) is 3.89. The van der Waals surface area contributed by atoms with Gasteiger partial charge in [0.2, 0.25) is 5.91 Å². The molecule has 1 unspecified atom stereocenters. The summed E-state index contributed by atoms with van der Waals surface area (Å²) in [5, 5.41) is 2.94. The van der Waals surface area contributed by atoms with E-state index < -0.39 is 14.2 Å². The molecule has 4 atom stereocenters. The highest BCUT2D eigenvalue weighted by atomic mass is 28.4. The fourth-order valence-corrected chi connectivity index (χ4v) is 4.51. The molecule has 1 N–H and O–H groups in total. The minimum absolute atomic E-state index is 0.0473. The topological polar surface area (TPSA) is 64.6 Å². The van der Waals surface area contributed by atoms with Crippen molar-refractivity contribution in [2.75, 3.05) is 0 Å². The summed E-state index contributed by atoms with van der Waals surface area (Å²) in [6.45, 7) is 14.9. The van der Waals surface area contributed by atoms with E-state index in [0.29, 0.717) is 0 Å². The Morgan fingerprint density at radius 3 is 2.30 bits per heavy atom. The van der Waals surface area contributed by atoms with Gasteiger partial charge in [0.15, 0.2) is 8.32 Å². The number of ether oxygens (including phenoxy) is 1. The first kappa shape index (κ1) is 21.6. The molecule has 1 amide bonds. The molecule has 0 saturated carbocycles. The van der Waals surface area contributed by atoms with Crippen LogP contribution in [0.3, 0.4) is 0 Å². The second kappa shape index (κ2) is 8.15. The lowest BCUT2D eigenvalue weighted by Gasteiger charge is -2.46. The number of hydrogen-bond donors (Lipinski definition) is 1. The van der Waals surface area contributed by atoms with Gasteiger partial charge in [0.1, 0.15) is 6.61 Å². The van der Waals surface area contributed by atoms with Crippen LogP contribution < -0.4 is 5.32 Å². The number of rotatable bonds is 7. The first-order valence-electron chi connectivity index (χ1n) is 9.63. The number of benzene rings is 1. The Morgan fingerprint density at radius 1 is 1.19 bits per heavy atom. The SMILES string of the molecule is CC(C(=O)OCc1ccccc1)[C@H]1NC(=O)[C@@H]1[C@@H](C)O[Si](C)(C)C(C)(C)C. The van der Waals surface area contributed by atoms with Crippen LogP contribution in [0.4, 0.5) is 0 Å². The molecule has 1 saturated heterocycles. The zero-order chi connectivity index (χ0) is 20.4. The van der Waals surface area contributed by atoms with Crippen molar-refractivity contribution in [3.05, 3.63) is 35.9 Å². The van der Waals surface area contributed by atoms with Crippen molar-refractivity contribution in [2.45, 2.75) is 71.5 Å². The fraction of sp³-hybridized carbons (Fsp3) is 0.619. The van der Waals surface area contributed by atoms with Crippen LogP contribution in [0.1, 0.15) is 40.2 Å². The highest BCUT2D eigenvalue weighted by Gasteiger charge is 2.50. The fourth-order valence-electron chi connectivity index (χ4n) is 3.08. The first-order valence-corrected chi connectivity index (χ1v) is 12.5. The summed E-state index contributed by atoms with van der Waals surface area (Å²) >= 11 is 0. The van der Waals surface area contributed by atoms with Crippen LogP contribution in [-0.2, 0) is 25.4 Å². The molecule has 0 spiro atoms. The second-order valence-electron chi connectivity index (χ2n) is 9.03. The smallest absolute Gasteiger partial charge is 0.311 e. The van der Waals surface area contributed by atoms with Gasteiger partial charge in [-0.1, -0.05) is 51.1 Å². The van der Waals surface area contributed by atoms with Crippen molar-refractivity contribution in [1.29, 1.82) is 0 Å². The zero-order valence-corrected chi connectivity index (χ0v) is 18.5. The van der Waals surface area contributed by atoms with Gasteiger partial charge in [0.25, 0.3) is 0 Å². The minimum Gasteiger partial charge on any atom is -0.461 e. The third-order valence-corrected chi connectivity index (χ3v) is 10.5. The first-order chi connectivity index (χ1) is 12.4. The average molecular weight is 392 g/mol. The summed E-state index contributed by atoms with van der Waals surface area (Å²) in [5.41, 5.74) is 0.946. The molecule has 1 aromatic carbocycles. The van der Waals surface area contributed by atoms with Crippen molar-refractivity contribution >= 4 is 20.2 Å². The number of carbonyl (C=O) groups excluding carboxylic acids is 2. The number of amides is 1. The number of β-lactam (4-membered cyclic amide) rings is 1. The molecule has 1 heterocycles. The van der Waals surface area contributed by atoms with E-state index in [1.165, 1.54) is 0 Å². The second-order valence-corrected chi connectivity index (χ2v) is 13.8. The van der Waals surface area contributed by atoms with Gasteiger partial charge in [-0.15, -0.1) is 0 Å². The molecule has 6 heteroatoms. The van der Waals surface area contributed by atoms with Crippen LogP contribution in [0.2, 0.25) is 18.1 Å². The summed E-state index contributed by atoms with van der Waals surface area (Å²) < 4.78 is 11.8. The molecule has 150 valence electrons. The van der Waals surface area contributed by atoms with E-state index in [0.717, 1.165) is 5.56 Å². The van der Waals surface area contributed by atoms with Gasteiger partial charge in [-0.05, 0) is 37.5 Å². The van der Waals surface area contributed by atoms with Crippen LogP contribution in [0.25, 0.3) is 0 Å². The third-order valence-electron chi connectivity index (χ3n) is 5.93. The highest BCUT2D eigenvalue weighted by Crippen LogP contribution is 2.39. The van der Waals surface area contributed by atoms with Gasteiger partial charge in [0, 0.05) is 0 Å². The number of carbonyl (C=O) groups is 2. The Kier molecular flexibility index (Phi) is 6.53. The van der Waals surface area contributed by atoms with Crippen molar-refractivity contribution < 1.29 is 18.8 Å². The van der Waals surface area contributed by atoms with Crippen molar-refractivity contribution in [3.8, 4) is 0 Å². The number of hydrogen-bond acceptors (Lipinski definition) is 4. The van der Waals surface area contributed by atoms with Crippen molar-refractivity contribution in [3.63, 3.8) is 0 Å². The molecule has 5 nitrogen and oxygen atoms in total. The molecule has 0 aliphatic carbocycles. The van der Waals surface area contributed by atoms with E-state index in [1.54, 1.807) is 0 Å². The Bertz CT molecular complexity index is 669. The molecule has 0 bridgehead atoms. The van der Waals surface area contributed by atoms with Crippen molar-refractivity contribution in [2.24, 2.45) is 11.8 Å². The molecule has 2 rings (SSSR count). The predicted molar refractivity (Wildman–Crippen MR) is 109 cm³/mol. The van der Waals surface area contributed by atoms with E-state index in [4.69, 9.17) is 9.16 Å². The van der Waals surface area contributed by atoms with Gasteiger partial charge >= 0.3 is 5.97 Å². The largest absolute Gasteiger partial charge is 0.461 e. The monoisotopic (exact) mass is 391 g/mol. The molecular formula is C21H33NO4Si. The van der Waals surface area contributed by atoms with Gasteiger partial charge in [-0.2, -0.15) is 0 Å². The van der Waals surface area contributed by atoms with E-state index in [1.807, 2.05) is 44.2 Å². The lowest BCUT2D eigenvalue weighted by atomic mass is 9.79. The molecule has 0 radical (unpaired) electrons. The number of nitrogens with one attached hydrogen (secondary N) is 1. The zero-order valence-electron chi connectivity index (χ0n) is 17.5. The molecule has 1 aliphatic rings. The van der Waals surface area contributed by atoms with Crippen LogP contribution in [0.5, 0.6) is 0 Å². The van der Waals surface area contributed by atoms with Crippen LogP contribution in [0, 0.1) is 11.8 Å². The summed E-state index contributed by atoms with van der Waals surface area (Å²) in [4.78, 5) is 24.7. The van der Waals surface area contributed by atoms with Crippen LogP contribution in [-0.4, -0.2) is 32.3 Å². The third kappa shape index (κ3) is 4.99. The molecule has 27 heavy (non-hydrogen) atoms. The maximum Gasteiger partial charge on any atom is 0.311 e. The lowest BCUT2D eigenvalue weighted by Crippen LogP contribution is -2.66. The van der Waals surface area contributed by atoms with Crippen molar-refractivity contribution in [1.82, 2.24) is 5.32 Å². The Balaban J connectivity index is 1.96. The minimum atomic E-state index is -1.99. The standard InChI is InChI=1S/C21H33NO4Si/c1-14(20(24)25-13-16-11-9-8-10-12-16)18-17(19(23)22-18)15(2)26-27(6,7)21(3,4)5/h8-12,14-15,17-18H,13H2,1-7H3,(H,22,23)/t14?,15-,17-,18-/m1/s1. The van der Waals surface area contributed by atoms with Gasteiger partial charge in [-0.25, -0.2) is 0 Å². The Labute approximate surface area is 164 Å². The Hall–Kier alpha value is -1.66. The maximum atomic E-state index is 12.5. The van der Waals surface area contributed by atoms with E-state index >= 15 is 0 Å². The van der Waals surface area contributed by atoms with Crippen LogP contribution in [0.15, 0.2) is 30.3 Å². The highest BCUT2D eigenvalue weighted by molar-refractivity contribution is 6.74. The Morgan fingerprint density at radius 2 is 1.78 bits per heavy atom. The summed E-state index contributed by atoms with van der Waals surface area (Å²) in [5.74, 6) is -1.08. The molecule has 0 aromatic heterocycles. The van der Waals surface area contributed by atoms with E-state index in [2.05, 4.69) is 39.2 Å². The van der Waals surface area contributed by atoms with Gasteiger partial charge in [0.05, 0.1) is 24.0 Å². The molecule has 1 aliphatic heterocycles. The van der Waals surface area contributed by atoms with Crippen LogP contribution >= 0.6 is 0 Å². The molecular weight excluding hydrogens is 358 g/mol. The van der Waals surface area contributed by atoms with E-state index in [9.17, 15) is 9.59 Å². The quantitative estimate of drug-likeness (QED) is 0.435. The summed E-state index contributed by atoms with van der Waals surface area (Å²) in [6, 6.07) is 9.33. The maximum absolute atomic E-state index is 12.5. The summed E-state index contributed by atoms with van der Waals surface area (Å²) in [6.07, 6.45) is -0.228. The number of esters is 1. The molecule has 1 aromatic rings. The van der Waals surface area contributed by atoms with E-state index in [-0.39, 0.29) is 41.6 Å². The molecule has 1 fully saturated rings. The van der Waals surface area contributed by atoms with Gasteiger partial charge < -0.3 is 14.5 Å². The normalized spacial score (nSPS) is 22.4. The van der Waals surface area contributed by atoms with Gasteiger partial charge in [-0.3, -0.25) is 9.59 Å².